The summed E-state index contributed by atoms with van der Waals surface area (Å²) in [6, 6.07) is 14.2. The van der Waals surface area contributed by atoms with Crippen LogP contribution in [0, 0.1) is 0 Å². The van der Waals surface area contributed by atoms with Gasteiger partial charge in [0.15, 0.2) is 0 Å². The van der Waals surface area contributed by atoms with E-state index in [1.54, 1.807) is 0 Å². The zero-order valence-electron chi connectivity index (χ0n) is 7.77. The smallest absolute Gasteiger partial charge is 0.0545 e. The number of nitrogens with two attached hydrogens (primary N) is 2. The fraction of sp³-hybridized carbons (Fsp3) is 0. The van der Waals surface area contributed by atoms with Crippen molar-refractivity contribution >= 4 is 16.5 Å². The van der Waals surface area contributed by atoms with Crippen LogP contribution in [0.1, 0.15) is 5.56 Å². The van der Waals surface area contributed by atoms with Gasteiger partial charge in [-0.1, -0.05) is 36.4 Å². The van der Waals surface area contributed by atoms with E-state index >= 15 is 0 Å². The van der Waals surface area contributed by atoms with Crippen molar-refractivity contribution in [3.8, 4) is 0 Å². The number of fused-ring (bicyclic) bond motifs is 1. The van der Waals surface area contributed by atoms with Gasteiger partial charge in [0.25, 0.3) is 0 Å². The average Bonchev–Trinajstić information content (AvgIpc) is 2.27. The largest absolute Gasteiger partial charge is 0.403 e. The van der Waals surface area contributed by atoms with Crippen molar-refractivity contribution in [3.63, 3.8) is 0 Å². The Hall–Kier alpha value is -1.96. The molecule has 2 aromatic rings. The lowest BCUT2D eigenvalue weighted by molar-refractivity contribution is 1.48. The monoisotopic (exact) mass is 184 g/mol. The quantitative estimate of drug-likeness (QED) is 0.712. The molecule has 0 amide bonds. The van der Waals surface area contributed by atoms with Crippen molar-refractivity contribution in [1.82, 2.24) is 0 Å². The summed E-state index contributed by atoms with van der Waals surface area (Å²) in [5.74, 6) is 0. The van der Waals surface area contributed by atoms with E-state index in [9.17, 15) is 0 Å². The molecule has 0 aliphatic rings. The standard InChI is InChI=1S/C12H12N2/c13-8-12(14)11-6-5-9-3-1-2-4-10(9)7-11/h1-8H,13-14H2/b12-8-. The Bertz CT molecular complexity index is 486. The van der Waals surface area contributed by atoms with E-state index in [-0.39, 0.29) is 0 Å². The Labute approximate surface area is 82.8 Å². The zero-order chi connectivity index (χ0) is 9.97. The summed E-state index contributed by atoms with van der Waals surface area (Å²) in [5.41, 5.74) is 12.7. The molecule has 70 valence electrons. The molecule has 2 nitrogen and oxygen atoms in total. The van der Waals surface area contributed by atoms with E-state index < -0.39 is 0 Å². The highest BCUT2D eigenvalue weighted by atomic mass is 14.6. The predicted molar refractivity (Wildman–Crippen MR) is 60.3 cm³/mol. The molecule has 2 rings (SSSR count). The first kappa shape index (κ1) is 8.63. The molecule has 0 saturated heterocycles. The van der Waals surface area contributed by atoms with Crippen molar-refractivity contribution in [3.05, 3.63) is 54.2 Å². The van der Waals surface area contributed by atoms with Gasteiger partial charge in [0, 0.05) is 6.20 Å². The molecule has 0 fully saturated rings. The van der Waals surface area contributed by atoms with E-state index in [1.807, 2.05) is 30.3 Å². The molecule has 0 aromatic heterocycles. The summed E-state index contributed by atoms with van der Waals surface area (Å²) in [7, 11) is 0. The summed E-state index contributed by atoms with van der Waals surface area (Å²) in [6.45, 7) is 0. The van der Waals surface area contributed by atoms with Crippen LogP contribution in [0.3, 0.4) is 0 Å². The third-order valence-corrected chi connectivity index (χ3v) is 2.26. The third kappa shape index (κ3) is 1.42. The van der Waals surface area contributed by atoms with Gasteiger partial charge in [0.2, 0.25) is 0 Å². The van der Waals surface area contributed by atoms with Crippen molar-refractivity contribution in [2.75, 3.05) is 0 Å². The molecule has 0 atom stereocenters. The second-order valence-electron chi connectivity index (χ2n) is 3.18. The van der Waals surface area contributed by atoms with Crippen LogP contribution in [0.25, 0.3) is 16.5 Å². The van der Waals surface area contributed by atoms with Gasteiger partial charge in [0.1, 0.15) is 0 Å². The second-order valence-corrected chi connectivity index (χ2v) is 3.18. The van der Waals surface area contributed by atoms with Crippen molar-refractivity contribution in [2.24, 2.45) is 11.5 Å². The second kappa shape index (κ2) is 3.42. The van der Waals surface area contributed by atoms with Gasteiger partial charge in [-0.25, -0.2) is 0 Å². The molecule has 0 unspecified atom stereocenters. The van der Waals surface area contributed by atoms with Crippen molar-refractivity contribution in [2.45, 2.75) is 0 Å². The Balaban J connectivity index is 2.62. The summed E-state index contributed by atoms with van der Waals surface area (Å²) in [4.78, 5) is 0. The van der Waals surface area contributed by atoms with Gasteiger partial charge in [-0.2, -0.15) is 0 Å². The molecule has 2 aromatic carbocycles. The minimum Gasteiger partial charge on any atom is -0.403 e. The summed E-state index contributed by atoms with van der Waals surface area (Å²) >= 11 is 0. The van der Waals surface area contributed by atoms with E-state index in [2.05, 4.69) is 12.1 Å². The molecule has 0 aliphatic heterocycles. The van der Waals surface area contributed by atoms with Crippen LogP contribution in [0.5, 0.6) is 0 Å². The lowest BCUT2D eigenvalue weighted by atomic mass is 10.1. The van der Waals surface area contributed by atoms with E-state index in [4.69, 9.17) is 11.5 Å². The maximum Gasteiger partial charge on any atom is 0.0545 e. The van der Waals surface area contributed by atoms with Crippen LogP contribution in [0.4, 0.5) is 0 Å². The number of hydrogen-bond donors (Lipinski definition) is 2. The van der Waals surface area contributed by atoms with E-state index in [0.29, 0.717) is 5.70 Å². The van der Waals surface area contributed by atoms with Crippen molar-refractivity contribution < 1.29 is 0 Å². The van der Waals surface area contributed by atoms with Gasteiger partial charge in [-0.3, -0.25) is 0 Å². The number of rotatable bonds is 1. The first-order valence-electron chi connectivity index (χ1n) is 4.48. The molecule has 0 bridgehead atoms. The first-order chi connectivity index (χ1) is 6.81. The minimum atomic E-state index is 0.607. The molecule has 2 heteroatoms. The molecule has 0 radical (unpaired) electrons. The topological polar surface area (TPSA) is 52.0 Å². The highest BCUT2D eigenvalue weighted by Crippen LogP contribution is 2.18. The number of benzene rings is 2. The van der Waals surface area contributed by atoms with Gasteiger partial charge < -0.3 is 11.5 Å². The van der Waals surface area contributed by atoms with Gasteiger partial charge >= 0.3 is 0 Å². The summed E-state index contributed by atoms with van der Waals surface area (Å²) in [5, 5.41) is 2.39. The summed E-state index contributed by atoms with van der Waals surface area (Å²) < 4.78 is 0. The maximum absolute atomic E-state index is 5.72. The predicted octanol–water partition coefficient (Wildman–Crippen LogP) is 2.06. The fourth-order valence-electron chi connectivity index (χ4n) is 1.47. The van der Waals surface area contributed by atoms with Gasteiger partial charge in [-0.05, 0) is 22.4 Å². The Morgan fingerprint density at radius 1 is 1.00 bits per heavy atom. The normalized spacial score (nSPS) is 11.9. The average molecular weight is 184 g/mol. The highest BCUT2D eigenvalue weighted by molar-refractivity contribution is 5.85. The molecule has 0 spiro atoms. The van der Waals surface area contributed by atoms with E-state index in [1.165, 1.54) is 17.0 Å². The van der Waals surface area contributed by atoms with Crippen LogP contribution < -0.4 is 11.5 Å². The molecule has 4 N–H and O–H groups in total. The molecular weight excluding hydrogens is 172 g/mol. The molecule has 0 heterocycles. The van der Waals surface area contributed by atoms with Gasteiger partial charge in [-0.15, -0.1) is 0 Å². The third-order valence-electron chi connectivity index (χ3n) is 2.26. The first-order valence-corrected chi connectivity index (χ1v) is 4.48. The maximum atomic E-state index is 5.72. The van der Waals surface area contributed by atoms with Crippen LogP contribution in [-0.2, 0) is 0 Å². The van der Waals surface area contributed by atoms with Crippen LogP contribution >= 0.6 is 0 Å². The summed E-state index contributed by atoms with van der Waals surface area (Å²) in [6.07, 6.45) is 1.42. The van der Waals surface area contributed by atoms with Crippen LogP contribution in [0.15, 0.2) is 48.7 Å². The molecular formula is C12H12N2. The Morgan fingerprint density at radius 2 is 1.71 bits per heavy atom. The van der Waals surface area contributed by atoms with Gasteiger partial charge in [0.05, 0.1) is 5.70 Å². The highest BCUT2D eigenvalue weighted by Gasteiger charge is 1.97. The lowest BCUT2D eigenvalue weighted by Gasteiger charge is -2.02. The van der Waals surface area contributed by atoms with Crippen LogP contribution in [-0.4, -0.2) is 0 Å². The lowest BCUT2D eigenvalue weighted by Crippen LogP contribution is -1.99. The molecule has 14 heavy (non-hydrogen) atoms. The minimum absolute atomic E-state index is 0.607. The Kier molecular flexibility index (Phi) is 2.11. The van der Waals surface area contributed by atoms with E-state index in [0.717, 1.165) is 5.56 Å². The zero-order valence-corrected chi connectivity index (χ0v) is 7.77. The molecule has 0 saturated carbocycles. The molecule has 0 aliphatic carbocycles. The number of hydrogen-bond acceptors (Lipinski definition) is 2. The van der Waals surface area contributed by atoms with Crippen LogP contribution in [0.2, 0.25) is 0 Å². The Morgan fingerprint density at radius 3 is 2.43 bits per heavy atom. The SMILES string of the molecule is N/C=C(\N)c1ccc2ccccc2c1. The van der Waals surface area contributed by atoms with Crippen molar-refractivity contribution in [1.29, 1.82) is 0 Å². The fourth-order valence-corrected chi connectivity index (χ4v) is 1.47.